The van der Waals surface area contributed by atoms with Gasteiger partial charge in [-0.2, -0.15) is 0 Å². The predicted octanol–water partition coefficient (Wildman–Crippen LogP) is 6.46. The lowest BCUT2D eigenvalue weighted by Gasteiger charge is -2.07. The fourth-order valence-electron chi connectivity index (χ4n) is 11.0. The van der Waals surface area contributed by atoms with Gasteiger partial charge in [-0.3, -0.25) is 97.4 Å². The summed E-state index contributed by atoms with van der Waals surface area (Å²) < 4.78 is 0. The first-order valence-electron chi connectivity index (χ1n) is 29.1. The van der Waals surface area contributed by atoms with Crippen LogP contribution in [0.1, 0.15) is 154 Å². The van der Waals surface area contributed by atoms with Gasteiger partial charge >= 0.3 is 0 Å². The van der Waals surface area contributed by atoms with Gasteiger partial charge in [-0.15, -0.1) is 0 Å². The van der Waals surface area contributed by atoms with E-state index < -0.39 is 74.3 Å². The smallest absolute Gasteiger partial charge is 0.277 e. The minimum absolute atomic E-state index is 0. The molecule has 16 N–H and O–H groups in total. The summed E-state index contributed by atoms with van der Waals surface area (Å²) in [6.45, 7) is 0. The quantitative estimate of drug-likeness (QED) is 0.0190. The van der Waals surface area contributed by atoms with E-state index in [4.69, 9.17) is 45.9 Å². The van der Waals surface area contributed by atoms with E-state index in [-0.39, 0.29) is 123 Å². The molecule has 4 heterocycles. The monoisotopic (exact) mass is 1340 g/mol. The van der Waals surface area contributed by atoms with Crippen molar-refractivity contribution < 1.29 is 67.4 Å². The van der Waals surface area contributed by atoms with Gasteiger partial charge in [0.05, 0.1) is 60.4 Å². The van der Waals surface area contributed by atoms with Crippen LogP contribution in [0, 0.1) is 20.2 Å². The van der Waals surface area contributed by atoms with Crippen molar-refractivity contribution in [1.82, 2.24) is 19.6 Å². The molecule has 4 aliphatic heterocycles. The third-order valence-electron chi connectivity index (χ3n) is 16.0. The number of imide groups is 4. The molecular formula is C69H62N14O16. The number of rotatable bonds is 14. The zero-order valence-electron chi connectivity index (χ0n) is 52.4. The van der Waals surface area contributed by atoms with Crippen LogP contribution in [-0.2, 0) is 25.7 Å². The molecule has 12 rings (SSSR count). The Balaban J connectivity index is 0.000000168. The molecule has 0 saturated heterocycles. The Morgan fingerprint density at radius 2 is 0.606 bits per heavy atom. The Labute approximate surface area is 561 Å². The van der Waals surface area contributed by atoms with Crippen molar-refractivity contribution >= 4 is 127 Å². The normalized spacial score (nSPS) is 13.1. The molecule has 0 aromatic heterocycles. The molecule has 30 nitrogen and oxygen atoms in total. The maximum absolute atomic E-state index is 12.5. The van der Waals surface area contributed by atoms with E-state index in [0.29, 0.717) is 61.7 Å². The summed E-state index contributed by atoms with van der Waals surface area (Å²) in [5.41, 5.74) is 52.2. The minimum Gasteiger partial charge on any atom is -0.399 e. The number of nitrogen functional groups attached to an aromatic ring is 8. The second-order valence-corrected chi connectivity index (χ2v) is 22.9. The van der Waals surface area contributed by atoms with Crippen LogP contribution in [0.3, 0.4) is 0 Å². The molecular weight excluding hydrogens is 1280 g/mol. The van der Waals surface area contributed by atoms with Gasteiger partial charge in [-0.1, -0.05) is 19.6 Å². The molecule has 30 heteroatoms. The number of carbonyl (C=O) groups is 12. The molecule has 0 bridgehead atoms. The zero-order valence-corrected chi connectivity index (χ0v) is 52.4. The van der Waals surface area contributed by atoms with Crippen LogP contribution >= 0.6 is 0 Å². The molecule has 0 atom stereocenters. The van der Waals surface area contributed by atoms with Crippen LogP contribution < -0.4 is 45.9 Å². The van der Waals surface area contributed by atoms with Crippen LogP contribution in [0.4, 0.5) is 56.9 Å². The Hall–Kier alpha value is -13.8. The number of anilines is 8. The fraction of sp³-hybridized carbons (Fsp3) is 0.130. The summed E-state index contributed by atoms with van der Waals surface area (Å²) in [6.07, 6.45) is -0.134. The lowest BCUT2D eigenvalue weighted by atomic mass is 9.97. The number of fused-ring (bicyclic) bond motifs is 4. The predicted molar refractivity (Wildman–Crippen MR) is 365 cm³/mol. The molecule has 8 aromatic carbocycles. The third-order valence-corrected chi connectivity index (χ3v) is 16.0. The van der Waals surface area contributed by atoms with Gasteiger partial charge in [0, 0.05) is 134 Å². The van der Waals surface area contributed by atoms with Gasteiger partial charge in [0.2, 0.25) is 0 Å². The van der Waals surface area contributed by atoms with Crippen LogP contribution in [0.5, 0.6) is 0 Å². The standard InChI is InChI=1S/C17H12N4O7.C17H16N4O3.2C17H15N3O3.CH4/c1-19-16(23)12-2-8(3-13(18)15(12)17(19)24)4-14(22)9-5-10(20(25)26)7-11(6-9)21(27)28;1-21-16(23)12-2-8(3-13(20)15(12)17(21)24)4-14(22)9-5-10(18)7-11(19)6-9;1-20-16(22)12-6-9(7-13(19)15(12)17(20)23)8-14(21)10-2-4-11(18)5-3-10;1-20-16(22)12-5-9(6-13(19)15(12)17(20)23)7-14(21)10-3-2-4-11(18)8-10;/h2-3,5-7H,4,18H2,1H3;2-3,5-7H,4,18-20H2,1H3;2-7H,8,18-19H2,1H3;2-6,8H,7,18-19H2,1H3;1H4. The van der Waals surface area contributed by atoms with Crippen molar-refractivity contribution in [3.05, 3.63) is 243 Å². The number of nitrogens with zero attached hydrogens (tertiary/aromatic N) is 6. The van der Waals surface area contributed by atoms with Crippen LogP contribution in [0.2, 0.25) is 0 Å². The summed E-state index contributed by atoms with van der Waals surface area (Å²) >= 11 is 0. The Morgan fingerprint density at radius 1 is 0.323 bits per heavy atom. The Morgan fingerprint density at radius 3 is 0.909 bits per heavy atom. The highest BCUT2D eigenvalue weighted by atomic mass is 16.6. The number of Topliss-reactive ketones (excluding diaryl/α,β-unsaturated/α-hetero) is 4. The number of nitro benzene ring substituents is 2. The topological polar surface area (TPSA) is 512 Å². The second kappa shape index (κ2) is 28.0. The molecule has 0 unspecified atom stereocenters. The fourth-order valence-corrected chi connectivity index (χ4v) is 11.0. The molecule has 0 fully saturated rings. The minimum atomic E-state index is -0.836. The second-order valence-electron chi connectivity index (χ2n) is 22.9. The number of ketones is 4. The Kier molecular flexibility index (Phi) is 20.1. The summed E-state index contributed by atoms with van der Waals surface area (Å²) in [4.78, 5) is 170. The highest BCUT2D eigenvalue weighted by Crippen LogP contribution is 2.34. The first-order valence-corrected chi connectivity index (χ1v) is 29.1. The molecule has 0 saturated carbocycles. The van der Waals surface area contributed by atoms with Gasteiger partial charge in [-0.05, 0) is 125 Å². The first-order chi connectivity index (χ1) is 46.1. The number of hydrogen-bond acceptors (Lipinski definition) is 24. The summed E-state index contributed by atoms with van der Waals surface area (Å²) in [6, 6.07) is 32.6. The highest BCUT2D eigenvalue weighted by Gasteiger charge is 2.39. The number of amides is 8. The molecule has 0 spiro atoms. The number of hydrogen-bond donors (Lipinski definition) is 8. The molecule has 0 aliphatic carbocycles. The SMILES string of the molecule is C.CN1C(=O)c2cc(CC(=O)c3cc(N)cc(N)c3)cc(N)c2C1=O.CN1C(=O)c2cc(CC(=O)c3cc([N+](=O)[O-])cc([N+](=O)[O-])c3)cc(N)c2C1=O.CN1C(=O)c2cc(CC(=O)c3ccc(N)cc3)cc(N)c2C1=O.CN1C(=O)c2cc(CC(=O)c3cccc(N)c3)cc(N)c2C1=O. The highest BCUT2D eigenvalue weighted by molar-refractivity contribution is 6.26. The van der Waals surface area contributed by atoms with Gasteiger partial charge < -0.3 is 45.9 Å². The van der Waals surface area contributed by atoms with Crippen LogP contribution in [0.25, 0.3) is 0 Å². The van der Waals surface area contributed by atoms with Crippen LogP contribution in [0.15, 0.2) is 133 Å². The van der Waals surface area contributed by atoms with Crippen molar-refractivity contribution in [2.24, 2.45) is 0 Å². The molecule has 504 valence electrons. The summed E-state index contributed by atoms with van der Waals surface area (Å²) in [5.74, 6) is -4.73. The number of carbonyl (C=O) groups excluding carboxylic acids is 12. The van der Waals surface area contributed by atoms with E-state index in [1.807, 2.05) is 0 Å². The molecule has 8 aromatic rings. The van der Waals surface area contributed by atoms with Crippen molar-refractivity contribution in [3.8, 4) is 0 Å². The van der Waals surface area contributed by atoms with E-state index in [9.17, 15) is 77.8 Å². The number of benzene rings is 8. The largest absolute Gasteiger partial charge is 0.399 e. The lowest BCUT2D eigenvalue weighted by molar-refractivity contribution is -0.394. The van der Waals surface area contributed by atoms with Gasteiger partial charge in [-0.25, -0.2) is 0 Å². The van der Waals surface area contributed by atoms with Crippen LogP contribution in [-0.4, -0.2) is 128 Å². The average Bonchev–Trinajstić information content (AvgIpc) is 1.63. The van der Waals surface area contributed by atoms with Crippen molar-refractivity contribution in [2.45, 2.75) is 33.1 Å². The first kappa shape index (κ1) is 71.1. The van der Waals surface area contributed by atoms with E-state index in [2.05, 4.69) is 0 Å². The third kappa shape index (κ3) is 14.5. The van der Waals surface area contributed by atoms with Gasteiger partial charge in [0.25, 0.3) is 58.6 Å². The van der Waals surface area contributed by atoms with E-state index >= 15 is 0 Å². The molecule has 8 amide bonds. The summed E-state index contributed by atoms with van der Waals surface area (Å²) in [5, 5.41) is 21.9. The van der Waals surface area contributed by atoms with E-state index in [0.717, 1.165) is 37.8 Å². The average molecular weight is 1340 g/mol. The number of nitro groups is 2. The Bertz CT molecular complexity index is 4860. The zero-order chi connectivity index (χ0) is 71.8. The van der Waals surface area contributed by atoms with Crippen molar-refractivity contribution in [1.29, 1.82) is 0 Å². The molecule has 4 aliphatic rings. The van der Waals surface area contributed by atoms with E-state index in [1.54, 1.807) is 78.9 Å². The maximum atomic E-state index is 12.5. The number of non-ortho nitro benzene ring substituents is 2. The van der Waals surface area contributed by atoms with Gasteiger partial charge in [0.15, 0.2) is 23.1 Å². The number of nitrogens with two attached hydrogens (primary N) is 8. The molecule has 0 radical (unpaired) electrons. The van der Waals surface area contributed by atoms with E-state index in [1.165, 1.54) is 64.6 Å². The molecule has 99 heavy (non-hydrogen) atoms. The lowest BCUT2D eigenvalue weighted by Crippen LogP contribution is -2.24. The van der Waals surface area contributed by atoms with Crippen molar-refractivity contribution in [3.63, 3.8) is 0 Å². The van der Waals surface area contributed by atoms with Gasteiger partial charge in [0.1, 0.15) is 0 Å². The summed E-state index contributed by atoms with van der Waals surface area (Å²) in [7, 11) is 5.51. The van der Waals surface area contributed by atoms with Crippen molar-refractivity contribution in [2.75, 3.05) is 74.1 Å². The maximum Gasteiger partial charge on any atom is 0.277 e.